The molecule has 3 atom stereocenters. The van der Waals surface area contributed by atoms with E-state index >= 15 is 0 Å². The van der Waals surface area contributed by atoms with Crippen molar-refractivity contribution in [1.29, 1.82) is 0 Å². The van der Waals surface area contributed by atoms with Gasteiger partial charge in [-0.25, -0.2) is 9.97 Å². The van der Waals surface area contributed by atoms with Crippen LogP contribution in [-0.4, -0.2) is 50.8 Å². The number of hydrogen-bond donors (Lipinski definition) is 3. The summed E-state index contributed by atoms with van der Waals surface area (Å²) in [4.78, 5) is 34.2. The molecule has 1 aliphatic carbocycles. The number of aromatic nitrogens is 4. The molecule has 13 heteroatoms. The van der Waals surface area contributed by atoms with Gasteiger partial charge in [-0.15, -0.1) is 0 Å². The fourth-order valence-electron chi connectivity index (χ4n) is 5.92. The smallest absolute Gasteiger partial charge is 0.383 e. The highest BCUT2D eigenvalue weighted by Crippen LogP contribution is 2.40. The van der Waals surface area contributed by atoms with E-state index in [1.807, 2.05) is 23.8 Å². The number of halogens is 3. The molecule has 2 aliphatic rings. The summed E-state index contributed by atoms with van der Waals surface area (Å²) < 4.78 is 47.1. The summed E-state index contributed by atoms with van der Waals surface area (Å²) in [7, 11) is 0. The van der Waals surface area contributed by atoms with Gasteiger partial charge in [-0.2, -0.15) is 18.3 Å². The van der Waals surface area contributed by atoms with Crippen LogP contribution in [0.25, 0.3) is 28.2 Å². The summed E-state index contributed by atoms with van der Waals surface area (Å²) in [5, 5.41) is 11.1. The van der Waals surface area contributed by atoms with Gasteiger partial charge in [-0.1, -0.05) is 30.7 Å². The van der Waals surface area contributed by atoms with Gasteiger partial charge in [0.15, 0.2) is 0 Å². The van der Waals surface area contributed by atoms with Crippen molar-refractivity contribution < 1.29 is 27.5 Å². The van der Waals surface area contributed by atoms with Crippen LogP contribution in [-0.2, 0) is 15.7 Å². The Morgan fingerprint density at radius 2 is 1.96 bits per heavy atom. The average molecular weight is 620 g/mol. The Labute approximate surface area is 256 Å². The summed E-state index contributed by atoms with van der Waals surface area (Å²) >= 11 is 0. The van der Waals surface area contributed by atoms with Crippen LogP contribution in [0.1, 0.15) is 60.1 Å². The van der Waals surface area contributed by atoms with Crippen LogP contribution < -0.4 is 16.4 Å². The monoisotopic (exact) mass is 619 g/mol. The molecule has 0 saturated heterocycles. The Morgan fingerprint density at radius 3 is 2.73 bits per heavy atom. The zero-order valence-corrected chi connectivity index (χ0v) is 24.5. The lowest BCUT2D eigenvalue weighted by Crippen LogP contribution is -2.38. The molecule has 1 fully saturated rings. The Kier molecular flexibility index (Phi) is 8.28. The fraction of sp³-hybridized carbons (Fsp3) is 0.344. The maximum absolute atomic E-state index is 13.1. The number of carbonyl (C=O) groups excluding carboxylic acids is 2. The molecule has 0 spiro atoms. The van der Waals surface area contributed by atoms with E-state index in [4.69, 9.17) is 15.6 Å². The number of rotatable bonds is 3. The van der Waals surface area contributed by atoms with E-state index in [1.165, 1.54) is 0 Å². The Balaban J connectivity index is 1.36. The van der Waals surface area contributed by atoms with E-state index in [-0.39, 0.29) is 41.2 Å². The summed E-state index contributed by atoms with van der Waals surface area (Å²) in [5.74, 6) is -0.689. The second-order valence-corrected chi connectivity index (χ2v) is 11.4. The van der Waals surface area contributed by atoms with Gasteiger partial charge in [-0.3, -0.25) is 14.3 Å². The zero-order chi connectivity index (χ0) is 31.7. The van der Waals surface area contributed by atoms with Crippen LogP contribution in [0, 0.1) is 5.92 Å². The average Bonchev–Trinajstić information content (AvgIpc) is 3.44. The molecule has 1 aromatic carbocycles. The van der Waals surface area contributed by atoms with Crippen LogP contribution in [0.2, 0.25) is 0 Å². The molecule has 6 rings (SSSR count). The molecule has 234 valence electrons. The first-order valence-corrected chi connectivity index (χ1v) is 14.8. The van der Waals surface area contributed by atoms with Gasteiger partial charge < -0.3 is 21.1 Å². The molecule has 2 amide bonds. The third-order valence-corrected chi connectivity index (χ3v) is 8.23. The quantitative estimate of drug-likeness (QED) is 0.271. The number of fused-ring (bicyclic) bond motifs is 3. The van der Waals surface area contributed by atoms with E-state index in [0.29, 0.717) is 36.2 Å². The van der Waals surface area contributed by atoms with Crippen molar-refractivity contribution in [3.63, 3.8) is 0 Å². The van der Waals surface area contributed by atoms with Gasteiger partial charge in [0, 0.05) is 41.5 Å². The number of carbonyl (C=O) groups is 2. The molecule has 45 heavy (non-hydrogen) atoms. The number of benzene rings is 1. The molecule has 2 bridgehead atoms. The van der Waals surface area contributed by atoms with E-state index in [2.05, 4.69) is 20.6 Å². The van der Waals surface area contributed by atoms with Crippen molar-refractivity contribution in [2.45, 2.75) is 50.9 Å². The summed E-state index contributed by atoms with van der Waals surface area (Å²) in [5.41, 5.74) is 8.61. The van der Waals surface area contributed by atoms with Crippen molar-refractivity contribution in [2.24, 2.45) is 5.92 Å². The minimum absolute atomic E-state index is 0.00930. The lowest BCUT2D eigenvalue weighted by Gasteiger charge is -2.29. The van der Waals surface area contributed by atoms with Crippen molar-refractivity contribution in [3.05, 3.63) is 71.6 Å². The predicted octanol–water partition coefficient (Wildman–Crippen LogP) is 5.63. The van der Waals surface area contributed by atoms with Gasteiger partial charge in [-0.05, 0) is 50.5 Å². The molecule has 0 unspecified atom stereocenters. The molecular weight excluding hydrogens is 587 g/mol. The van der Waals surface area contributed by atoms with Crippen LogP contribution in [0.3, 0.4) is 0 Å². The number of anilines is 2. The second-order valence-electron chi connectivity index (χ2n) is 11.4. The molecule has 4 aromatic rings. The number of ether oxygens (including phenoxy) is 1. The Bertz CT molecular complexity index is 1770. The van der Waals surface area contributed by atoms with Crippen LogP contribution in [0.5, 0.6) is 0 Å². The normalized spacial score (nSPS) is 21.5. The van der Waals surface area contributed by atoms with E-state index in [9.17, 15) is 22.8 Å². The van der Waals surface area contributed by atoms with Crippen molar-refractivity contribution in [3.8, 4) is 11.3 Å². The van der Waals surface area contributed by atoms with Crippen molar-refractivity contribution in [2.75, 3.05) is 24.2 Å². The fourth-order valence-corrected chi connectivity index (χ4v) is 5.92. The largest absolute Gasteiger partial charge is 0.416 e. The SMILES string of the molecule is C[C@@H]1CNC(=O)[C@@H]2CCC[C@H](C2)n2nc(-c3ccc(C(=O)Nc4cc(C(F)(F)F)ccn4)cc3)c3c(N)ncc(c32)/C=C/CO1. The number of alkyl halides is 3. The number of nitrogens with one attached hydrogen (secondary N) is 2. The van der Waals surface area contributed by atoms with Crippen molar-refractivity contribution >= 4 is 40.4 Å². The molecule has 10 nitrogen and oxygen atoms in total. The standard InChI is InChI=1S/C32H32F3N7O3/c1-18-16-39-30(43)21-4-2-6-24(14-21)42-28-22(5-3-13-45-18)17-38-29(36)26(28)27(41-42)19-7-9-20(10-8-19)31(44)40-25-15-23(11-12-37-25)32(33,34)35/h3,5,7-12,15,17-18,21,24H,2,4,6,13-14,16H2,1H3,(H2,36,38)(H,39,43)(H,37,40,44)/b5-3+/t18-,21-,24-/m1/s1. The number of hydrogen-bond acceptors (Lipinski definition) is 7. The first kappa shape index (κ1) is 30.3. The van der Waals surface area contributed by atoms with Gasteiger partial charge in [0.2, 0.25) is 5.91 Å². The number of nitrogens with zero attached hydrogens (tertiary/aromatic N) is 4. The number of pyridine rings is 2. The van der Waals surface area contributed by atoms with Crippen LogP contribution >= 0.6 is 0 Å². The Hall–Kier alpha value is -4.78. The lowest BCUT2D eigenvalue weighted by atomic mass is 9.85. The molecular formula is C32H32F3N7O3. The van der Waals surface area contributed by atoms with E-state index < -0.39 is 17.6 Å². The molecule has 1 aliphatic heterocycles. The number of nitrogen functional groups attached to an aromatic ring is 1. The highest BCUT2D eigenvalue weighted by molar-refractivity contribution is 6.06. The second kappa shape index (κ2) is 12.3. The van der Waals surface area contributed by atoms with Crippen molar-refractivity contribution in [1.82, 2.24) is 25.1 Å². The van der Waals surface area contributed by atoms with E-state index in [0.717, 1.165) is 48.7 Å². The Morgan fingerprint density at radius 1 is 1.16 bits per heavy atom. The minimum atomic E-state index is -4.56. The summed E-state index contributed by atoms with van der Waals surface area (Å²) in [6, 6.07) is 8.10. The molecule has 3 aromatic heterocycles. The summed E-state index contributed by atoms with van der Waals surface area (Å²) in [6.45, 7) is 2.70. The molecule has 4 N–H and O–H groups in total. The van der Waals surface area contributed by atoms with Gasteiger partial charge >= 0.3 is 6.18 Å². The highest BCUT2D eigenvalue weighted by atomic mass is 19.4. The zero-order valence-electron chi connectivity index (χ0n) is 24.5. The maximum atomic E-state index is 13.1. The predicted molar refractivity (Wildman–Crippen MR) is 163 cm³/mol. The van der Waals surface area contributed by atoms with Gasteiger partial charge in [0.05, 0.1) is 35.2 Å². The minimum Gasteiger partial charge on any atom is -0.383 e. The number of nitrogens with two attached hydrogens (primary N) is 1. The third-order valence-electron chi connectivity index (χ3n) is 8.23. The van der Waals surface area contributed by atoms with E-state index in [1.54, 1.807) is 30.5 Å². The van der Waals surface area contributed by atoms with Crippen LogP contribution in [0.15, 0.2) is 54.9 Å². The third kappa shape index (κ3) is 6.39. The topological polar surface area (TPSA) is 137 Å². The molecule has 4 heterocycles. The highest BCUT2D eigenvalue weighted by Gasteiger charge is 2.32. The molecule has 0 radical (unpaired) electrons. The number of amides is 2. The molecule has 1 saturated carbocycles. The van der Waals surface area contributed by atoms with Gasteiger partial charge in [0.1, 0.15) is 17.3 Å². The first-order chi connectivity index (χ1) is 21.6. The lowest BCUT2D eigenvalue weighted by molar-refractivity contribution is -0.137. The van der Waals surface area contributed by atoms with Crippen LogP contribution in [0.4, 0.5) is 24.8 Å². The van der Waals surface area contributed by atoms with Gasteiger partial charge in [0.25, 0.3) is 5.91 Å². The first-order valence-electron chi connectivity index (χ1n) is 14.8. The summed E-state index contributed by atoms with van der Waals surface area (Å²) in [6.07, 6.45) is 4.93. The maximum Gasteiger partial charge on any atom is 0.416 e.